The van der Waals surface area contributed by atoms with E-state index in [1.54, 1.807) is 25.1 Å². The predicted molar refractivity (Wildman–Crippen MR) is 136 cm³/mol. The number of sulfonamides is 1. The number of nitrogens with one attached hydrogen (secondary N) is 1. The molecule has 0 bridgehead atoms. The van der Waals surface area contributed by atoms with Gasteiger partial charge in [0.2, 0.25) is 21.8 Å². The number of para-hydroxylation sites is 1. The topological polar surface area (TPSA) is 86.8 Å². The Hall–Kier alpha value is -2.10. The van der Waals surface area contributed by atoms with Crippen molar-refractivity contribution in [3.63, 3.8) is 0 Å². The minimum atomic E-state index is -3.82. The summed E-state index contributed by atoms with van der Waals surface area (Å²) in [5, 5.41) is 3.10. The number of rotatable bonds is 10. The van der Waals surface area contributed by atoms with Gasteiger partial charge in [-0.05, 0) is 50.1 Å². The maximum Gasteiger partial charge on any atom is 0.244 e. The van der Waals surface area contributed by atoms with E-state index in [-0.39, 0.29) is 29.2 Å². The van der Waals surface area contributed by atoms with E-state index in [1.165, 1.54) is 11.0 Å². The second-order valence-electron chi connectivity index (χ2n) is 7.87. The van der Waals surface area contributed by atoms with E-state index >= 15 is 0 Å². The van der Waals surface area contributed by atoms with Crippen LogP contribution in [0.4, 0.5) is 5.69 Å². The number of benzene rings is 2. The summed E-state index contributed by atoms with van der Waals surface area (Å²) in [4.78, 5) is 27.7. The molecule has 10 heteroatoms. The summed E-state index contributed by atoms with van der Waals surface area (Å²) >= 11 is 9.64. The SMILES string of the molecule is CCC(C)NC(=O)C(C)N(Cc1cccc(Br)c1)C(=O)CN(c1ccccc1Cl)S(C)(=O)=O. The predicted octanol–water partition coefficient (Wildman–Crippen LogP) is 4.20. The minimum absolute atomic E-state index is 0.0570. The van der Waals surface area contributed by atoms with Gasteiger partial charge >= 0.3 is 0 Å². The zero-order valence-corrected chi connectivity index (χ0v) is 22.2. The first kappa shape index (κ1) is 27.1. The van der Waals surface area contributed by atoms with Crippen LogP contribution in [0.2, 0.25) is 5.02 Å². The summed E-state index contributed by atoms with van der Waals surface area (Å²) in [6.45, 7) is 5.11. The van der Waals surface area contributed by atoms with Gasteiger partial charge in [0, 0.05) is 17.1 Å². The Balaban J connectivity index is 2.40. The van der Waals surface area contributed by atoms with E-state index in [0.717, 1.165) is 27.0 Å². The van der Waals surface area contributed by atoms with E-state index in [4.69, 9.17) is 11.6 Å². The molecule has 0 radical (unpaired) electrons. The molecule has 0 saturated heterocycles. The van der Waals surface area contributed by atoms with E-state index in [1.807, 2.05) is 38.1 Å². The van der Waals surface area contributed by atoms with Gasteiger partial charge in [0.05, 0.1) is 17.0 Å². The van der Waals surface area contributed by atoms with Crippen LogP contribution in [0.25, 0.3) is 0 Å². The first-order valence-electron chi connectivity index (χ1n) is 10.5. The first-order valence-corrected chi connectivity index (χ1v) is 13.5. The van der Waals surface area contributed by atoms with Gasteiger partial charge in [0.15, 0.2) is 0 Å². The van der Waals surface area contributed by atoms with Crippen molar-refractivity contribution in [2.24, 2.45) is 0 Å². The van der Waals surface area contributed by atoms with Crippen molar-refractivity contribution in [1.82, 2.24) is 10.2 Å². The third-order valence-electron chi connectivity index (χ3n) is 5.21. The Morgan fingerprint density at radius 1 is 1.12 bits per heavy atom. The zero-order chi connectivity index (χ0) is 24.8. The van der Waals surface area contributed by atoms with Crippen molar-refractivity contribution >= 4 is 55.1 Å². The van der Waals surface area contributed by atoms with Gasteiger partial charge in [-0.25, -0.2) is 8.42 Å². The Kier molecular flexibility index (Phi) is 9.75. The number of halogens is 2. The zero-order valence-electron chi connectivity index (χ0n) is 19.1. The molecule has 7 nitrogen and oxygen atoms in total. The van der Waals surface area contributed by atoms with Crippen molar-refractivity contribution < 1.29 is 18.0 Å². The Bertz CT molecular complexity index is 1100. The number of nitrogens with zero attached hydrogens (tertiary/aromatic N) is 2. The van der Waals surface area contributed by atoms with Crippen molar-refractivity contribution in [3.8, 4) is 0 Å². The number of amides is 2. The summed E-state index contributed by atoms with van der Waals surface area (Å²) in [5.74, 6) is -0.830. The van der Waals surface area contributed by atoms with Crippen LogP contribution < -0.4 is 9.62 Å². The molecule has 2 aromatic rings. The third-order valence-corrected chi connectivity index (χ3v) is 7.15. The van der Waals surface area contributed by atoms with E-state index < -0.39 is 28.5 Å². The average Bonchev–Trinajstić information content (AvgIpc) is 2.75. The van der Waals surface area contributed by atoms with Crippen molar-refractivity contribution in [1.29, 1.82) is 0 Å². The molecular formula is C23H29BrClN3O4S. The molecule has 0 saturated carbocycles. The maximum atomic E-state index is 13.5. The number of carbonyl (C=O) groups excluding carboxylic acids is 2. The summed E-state index contributed by atoms with van der Waals surface area (Å²) in [7, 11) is -3.82. The fraction of sp³-hybridized carbons (Fsp3) is 0.391. The molecule has 2 amide bonds. The lowest BCUT2D eigenvalue weighted by Gasteiger charge is -2.32. The third kappa shape index (κ3) is 7.72. The quantitative estimate of drug-likeness (QED) is 0.474. The van der Waals surface area contributed by atoms with Gasteiger partial charge in [-0.1, -0.05) is 58.7 Å². The van der Waals surface area contributed by atoms with Crippen LogP contribution in [0.1, 0.15) is 32.8 Å². The largest absolute Gasteiger partial charge is 0.352 e. The van der Waals surface area contributed by atoms with Gasteiger partial charge in [0.1, 0.15) is 12.6 Å². The van der Waals surface area contributed by atoms with Crippen molar-refractivity contribution in [2.75, 3.05) is 17.1 Å². The lowest BCUT2D eigenvalue weighted by atomic mass is 10.1. The molecule has 1 N–H and O–H groups in total. The molecule has 0 aliphatic rings. The fourth-order valence-electron chi connectivity index (χ4n) is 3.13. The molecule has 2 atom stereocenters. The molecule has 2 unspecified atom stereocenters. The molecule has 0 aliphatic carbocycles. The van der Waals surface area contributed by atoms with Crippen LogP contribution in [0.15, 0.2) is 53.0 Å². The number of anilines is 1. The van der Waals surface area contributed by atoms with Gasteiger partial charge in [-0.2, -0.15) is 0 Å². The lowest BCUT2D eigenvalue weighted by molar-refractivity contribution is -0.139. The van der Waals surface area contributed by atoms with Crippen LogP contribution in [-0.2, 0) is 26.2 Å². The highest BCUT2D eigenvalue weighted by Gasteiger charge is 2.31. The van der Waals surface area contributed by atoms with Crippen LogP contribution in [0, 0.1) is 0 Å². The van der Waals surface area contributed by atoms with Gasteiger partial charge in [0.25, 0.3) is 0 Å². The number of hydrogen-bond donors (Lipinski definition) is 1. The molecule has 0 heterocycles. The Labute approximate surface area is 209 Å². The van der Waals surface area contributed by atoms with Crippen LogP contribution >= 0.6 is 27.5 Å². The number of carbonyl (C=O) groups is 2. The second-order valence-corrected chi connectivity index (χ2v) is 11.1. The molecule has 180 valence electrons. The lowest BCUT2D eigenvalue weighted by Crippen LogP contribution is -2.52. The van der Waals surface area contributed by atoms with Gasteiger partial charge in [-0.15, -0.1) is 0 Å². The molecule has 2 rings (SSSR count). The van der Waals surface area contributed by atoms with Gasteiger partial charge < -0.3 is 10.2 Å². The van der Waals surface area contributed by atoms with Crippen LogP contribution in [0.3, 0.4) is 0 Å². The standard InChI is InChI=1S/C23H29BrClN3O4S/c1-5-16(2)26-23(30)17(3)27(14-18-9-8-10-19(24)13-18)22(29)15-28(33(4,31)32)21-12-7-6-11-20(21)25/h6-13,16-17H,5,14-15H2,1-4H3,(H,26,30). The highest BCUT2D eigenvalue weighted by molar-refractivity contribution is 9.10. The average molecular weight is 559 g/mol. The van der Waals surface area contributed by atoms with E-state index in [0.29, 0.717) is 0 Å². The normalized spacial score (nSPS) is 13.2. The van der Waals surface area contributed by atoms with E-state index in [2.05, 4.69) is 21.2 Å². The number of hydrogen-bond acceptors (Lipinski definition) is 4. The molecule has 0 aliphatic heterocycles. The molecule has 33 heavy (non-hydrogen) atoms. The van der Waals surface area contributed by atoms with Crippen LogP contribution in [0.5, 0.6) is 0 Å². The highest BCUT2D eigenvalue weighted by Crippen LogP contribution is 2.27. The van der Waals surface area contributed by atoms with Crippen LogP contribution in [-0.4, -0.2) is 50.0 Å². The fourth-order valence-corrected chi connectivity index (χ4v) is 4.72. The molecule has 0 fully saturated rings. The molecule has 0 aromatic heterocycles. The monoisotopic (exact) mass is 557 g/mol. The molecular weight excluding hydrogens is 530 g/mol. The summed E-state index contributed by atoms with van der Waals surface area (Å²) in [6.07, 6.45) is 1.76. The van der Waals surface area contributed by atoms with E-state index in [9.17, 15) is 18.0 Å². The van der Waals surface area contributed by atoms with Crippen molar-refractivity contribution in [3.05, 3.63) is 63.6 Å². The second kappa shape index (κ2) is 11.9. The Morgan fingerprint density at radius 2 is 1.79 bits per heavy atom. The summed E-state index contributed by atoms with van der Waals surface area (Å²) in [5.41, 5.74) is 0.999. The van der Waals surface area contributed by atoms with Gasteiger partial charge in [-0.3, -0.25) is 13.9 Å². The smallest absolute Gasteiger partial charge is 0.244 e. The first-order chi connectivity index (χ1) is 15.4. The summed E-state index contributed by atoms with van der Waals surface area (Å²) < 4.78 is 26.9. The minimum Gasteiger partial charge on any atom is -0.352 e. The highest BCUT2D eigenvalue weighted by atomic mass is 79.9. The Morgan fingerprint density at radius 3 is 2.36 bits per heavy atom. The maximum absolute atomic E-state index is 13.5. The van der Waals surface area contributed by atoms with Crippen molar-refractivity contribution in [2.45, 2.75) is 45.8 Å². The molecule has 0 spiro atoms. The molecule has 2 aromatic carbocycles. The summed E-state index contributed by atoms with van der Waals surface area (Å²) in [6, 6.07) is 12.9.